The number of hydrogen-bond donors (Lipinski definition) is 0. The summed E-state index contributed by atoms with van der Waals surface area (Å²) in [5.74, 6) is 0.709. The Labute approximate surface area is 117 Å². The van der Waals surface area contributed by atoms with Crippen LogP contribution in [0, 0.1) is 11.3 Å². The van der Waals surface area contributed by atoms with E-state index in [1.165, 1.54) is 6.92 Å². The summed E-state index contributed by atoms with van der Waals surface area (Å²) in [6.45, 7) is 1.39. The molecule has 100 valence electrons. The van der Waals surface area contributed by atoms with Gasteiger partial charge in [-0.15, -0.1) is 0 Å². The molecule has 0 saturated heterocycles. The smallest absolute Gasteiger partial charge is 0.302 e. The minimum absolute atomic E-state index is 0.0597. The Morgan fingerprint density at radius 1 is 1.15 bits per heavy atom. The molecule has 0 aliphatic carbocycles. The molecule has 0 spiro atoms. The third-order valence-corrected chi connectivity index (χ3v) is 2.63. The van der Waals surface area contributed by atoms with Crippen LogP contribution >= 0.6 is 0 Å². The Morgan fingerprint density at radius 3 is 2.55 bits per heavy atom. The van der Waals surface area contributed by atoms with Crippen LogP contribution < -0.4 is 4.74 Å². The Balaban J connectivity index is 2.27. The summed E-state index contributed by atoms with van der Waals surface area (Å²) in [4.78, 5) is 10.9. The fraction of sp³-hybridized carbons (Fsp3) is 0.125. The molecule has 0 bridgehead atoms. The first-order valence-corrected chi connectivity index (χ1v) is 6.09. The largest absolute Gasteiger partial charge is 0.461 e. The highest BCUT2D eigenvalue weighted by Crippen LogP contribution is 2.27. The van der Waals surface area contributed by atoms with E-state index in [1.807, 2.05) is 18.2 Å². The van der Waals surface area contributed by atoms with E-state index >= 15 is 0 Å². The van der Waals surface area contributed by atoms with E-state index in [1.54, 1.807) is 30.3 Å². The lowest BCUT2D eigenvalue weighted by molar-refractivity contribution is -0.142. The molecule has 0 fully saturated rings. The Hall–Kier alpha value is -2.80. The van der Waals surface area contributed by atoms with Gasteiger partial charge in [-0.2, -0.15) is 5.26 Å². The topological polar surface area (TPSA) is 59.3 Å². The molecule has 2 aromatic carbocycles. The zero-order valence-electron chi connectivity index (χ0n) is 11.0. The molecule has 2 aromatic rings. The number of benzene rings is 2. The van der Waals surface area contributed by atoms with E-state index in [4.69, 9.17) is 9.47 Å². The average Bonchev–Trinajstić information content (AvgIpc) is 2.46. The van der Waals surface area contributed by atoms with Gasteiger partial charge in [0.05, 0.1) is 0 Å². The molecule has 0 aliphatic heterocycles. The van der Waals surface area contributed by atoms with Gasteiger partial charge in [0.1, 0.15) is 29.7 Å². The van der Waals surface area contributed by atoms with Gasteiger partial charge in [-0.3, -0.25) is 4.79 Å². The molecule has 0 saturated carbocycles. The number of carbonyl (C=O) groups excluding carboxylic acids is 1. The van der Waals surface area contributed by atoms with Crippen LogP contribution in [0.4, 0.5) is 0 Å². The van der Waals surface area contributed by atoms with Gasteiger partial charge in [0.15, 0.2) is 0 Å². The van der Waals surface area contributed by atoms with Crippen molar-refractivity contribution in [2.45, 2.75) is 13.5 Å². The highest BCUT2D eigenvalue weighted by molar-refractivity contribution is 5.66. The van der Waals surface area contributed by atoms with Crippen LogP contribution in [0.5, 0.6) is 11.5 Å². The van der Waals surface area contributed by atoms with Crippen LogP contribution in [0.1, 0.15) is 18.1 Å². The van der Waals surface area contributed by atoms with Gasteiger partial charge < -0.3 is 9.47 Å². The fourth-order valence-corrected chi connectivity index (χ4v) is 1.70. The maximum Gasteiger partial charge on any atom is 0.302 e. The quantitative estimate of drug-likeness (QED) is 0.796. The van der Waals surface area contributed by atoms with Crippen LogP contribution in [0.15, 0.2) is 48.5 Å². The van der Waals surface area contributed by atoms with Gasteiger partial charge in [0.2, 0.25) is 0 Å². The standard InChI is InChI=1S/C16H13NO3/c1-12(18)19-11-13-6-5-9-16(15(13)10-17)20-14-7-3-2-4-8-14/h2-9H,11H2,1H3. The van der Waals surface area contributed by atoms with Gasteiger partial charge in [0.25, 0.3) is 0 Å². The van der Waals surface area contributed by atoms with Crippen LogP contribution in [0.2, 0.25) is 0 Å². The molecule has 0 heterocycles. The number of ether oxygens (including phenoxy) is 2. The molecule has 4 nitrogen and oxygen atoms in total. The lowest BCUT2D eigenvalue weighted by atomic mass is 10.1. The maximum atomic E-state index is 10.9. The van der Waals surface area contributed by atoms with Crippen LogP contribution in [-0.4, -0.2) is 5.97 Å². The molecule has 4 heteroatoms. The highest BCUT2D eigenvalue weighted by Gasteiger charge is 2.11. The second kappa shape index (κ2) is 6.39. The van der Waals surface area contributed by atoms with Gasteiger partial charge in [0, 0.05) is 12.5 Å². The molecule has 0 aromatic heterocycles. The third-order valence-electron chi connectivity index (χ3n) is 2.63. The summed E-state index contributed by atoms with van der Waals surface area (Å²) >= 11 is 0. The minimum Gasteiger partial charge on any atom is -0.461 e. The molecule has 0 unspecified atom stereocenters. The first-order valence-electron chi connectivity index (χ1n) is 6.09. The highest BCUT2D eigenvalue weighted by atomic mass is 16.5. The van der Waals surface area contributed by atoms with E-state index in [0.29, 0.717) is 22.6 Å². The van der Waals surface area contributed by atoms with Crippen molar-refractivity contribution in [2.75, 3.05) is 0 Å². The first-order chi connectivity index (χ1) is 9.70. The van der Waals surface area contributed by atoms with Gasteiger partial charge in [-0.05, 0) is 18.2 Å². The second-order valence-electron chi connectivity index (χ2n) is 4.10. The SMILES string of the molecule is CC(=O)OCc1cccc(Oc2ccccc2)c1C#N. The number of rotatable bonds is 4. The van der Waals surface area contributed by atoms with Crippen LogP contribution in [-0.2, 0) is 16.1 Å². The van der Waals surface area contributed by atoms with Gasteiger partial charge >= 0.3 is 5.97 Å². The third kappa shape index (κ3) is 3.36. The summed E-state index contributed by atoms with van der Waals surface area (Å²) < 4.78 is 10.6. The van der Waals surface area contributed by atoms with Gasteiger partial charge in [-0.1, -0.05) is 30.3 Å². The number of esters is 1. The van der Waals surface area contributed by atoms with Crippen molar-refractivity contribution in [2.24, 2.45) is 0 Å². The van der Waals surface area contributed by atoms with Crippen molar-refractivity contribution in [3.63, 3.8) is 0 Å². The molecule has 0 atom stereocenters. The van der Waals surface area contributed by atoms with Crippen molar-refractivity contribution in [1.29, 1.82) is 5.26 Å². The average molecular weight is 267 g/mol. The fourth-order valence-electron chi connectivity index (χ4n) is 1.70. The minimum atomic E-state index is -0.386. The van der Waals surface area contributed by atoms with E-state index in [9.17, 15) is 10.1 Å². The lowest BCUT2D eigenvalue weighted by Crippen LogP contribution is -2.01. The van der Waals surface area contributed by atoms with E-state index in [0.717, 1.165) is 0 Å². The summed E-state index contributed by atoms with van der Waals surface area (Å²) in [5, 5.41) is 9.27. The molecular weight excluding hydrogens is 254 g/mol. The molecule has 20 heavy (non-hydrogen) atoms. The normalized spacial score (nSPS) is 9.60. The van der Waals surface area contributed by atoms with Crippen molar-refractivity contribution in [3.05, 3.63) is 59.7 Å². The van der Waals surface area contributed by atoms with E-state index < -0.39 is 0 Å². The lowest BCUT2D eigenvalue weighted by Gasteiger charge is -2.10. The summed E-state index contributed by atoms with van der Waals surface area (Å²) in [7, 11) is 0. The first kappa shape index (κ1) is 13.6. The Bertz CT molecular complexity index is 645. The Morgan fingerprint density at radius 2 is 1.90 bits per heavy atom. The molecule has 2 rings (SSSR count). The van der Waals surface area contributed by atoms with Crippen LogP contribution in [0.3, 0.4) is 0 Å². The second-order valence-corrected chi connectivity index (χ2v) is 4.10. The van der Waals surface area contributed by atoms with Crippen molar-refractivity contribution in [1.82, 2.24) is 0 Å². The van der Waals surface area contributed by atoms with Gasteiger partial charge in [-0.25, -0.2) is 0 Å². The molecule has 0 radical (unpaired) electrons. The predicted octanol–water partition coefficient (Wildman–Crippen LogP) is 3.41. The zero-order valence-corrected chi connectivity index (χ0v) is 11.0. The molecule has 0 N–H and O–H groups in total. The number of nitrogens with zero attached hydrogens (tertiary/aromatic N) is 1. The summed E-state index contributed by atoms with van der Waals surface area (Å²) in [6, 6.07) is 16.5. The van der Waals surface area contributed by atoms with E-state index in [-0.39, 0.29) is 12.6 Å². The zero-order chi connectivity index (χ0) is 14.4. The molecular formula is C16H13NO3. The number of hydrogen-bond acceptors (Lipinski definition) is 4. The van der Waals surface area contributed by atoms with Crippen molar-refractivity contribution >= 4 is 5.97 Å². The number of carbonyl (C=O) groups is 1. The van der Waals surface area contributed by atoms with Crippen LogP contribution in [0.25, 0.3) is 0 Å². The predicted molar refractivity (Wildman–Crippen MR) is 73.1 cm³/mol. The number of para-hydroxylation sites is 1. The van der Waals surface area contributed by atoms with Crippen molar-refractivity contribution in [3.8, 4) is 17.6 Å². The monoisotopic (exact) mass is 267 g/mol. The molecule has 0 amide bonds. The number of nitriles is 1. The van der Waals surface area contributed by atoms with Crippen molar-refractivity contribution < 1.29 is 14.3 Å². The maximum absolute atomic E-state index is 10.9. The summed E-state index contributed by atoms with van der Waals surface area (Å²) in [5.41, 5.74) is 0.994. The summed E-state index contributed by atoms with van der Waals surface area (Å²) in [6.07, 6.45) is 0. The van der Waals surface area contributed by atoms with E-state index in [2.05, 4.69) is 6.07 Å². The molecule has 0 aliphatic rings. The Kier molecular flexibility index (Phi) is 4.35.